The van der Waals surface area contributed by atoms with Crippen molar-refractivity contribution in [1.82, 2.24) is 29.9 Å². The molecule has 2 unspecified atom stereocenters. The number of carbonyl (C=O) groups is 2. The Bertz CT molecular complexity index is 2010. The van der Waals surface area contributed by atoms with Crippen molar-refractivity contribution in [3.63, 3.8) is 0 Å². The average molecular weight is 738 g/mol. The van der Waals surface area contributed by atoms with Crippen molar-refractivity contribution in [3.05, 3.63) is 84.6 Å². The lowest BCUT2D eigenvalue weighted by Crippen LogP contribution is -2.34. The highest BCUT2D eigenvalue weighted by atomic mass is 16.6. The molecule has 0 aliphatic carbocycles. The molecule has 2 amide bonds. The van der Waals surface area contributed by atoms with E-state index in [1.165, 1.54) is 4.90 Å². The predicted octanol–water partition coefficient (Wildman–Crippen LogP) is 8.07. The lowest BCUT2D eigenvalue weighted by molar-refractivity contribution is -0.0384. The Kier molecular flexibility index (Phi) is 11.4. The van der Waals surface area contributed by atoms with Crippen molar-refractivity contribution in [2.24, 2.45) is 0 Å². The average Bonchev–Trinajstić information content (AvgIpc) is 3.81. The molecule has 0 radical (unpaired) electrons. The van der Waals surface area contributed by atoms with Gasteiger partial charge in [0.25, 0.3) is 5.95 Å². The number of ether oxygens (including phenoxy) is 5. The summed E-state index contributed by atoms with van der Waals surface area (Å²) in [5.74, 6) is 1.30. The van der Waals surface area contributed by atoms with E-state index in [0.717, 1.165) is 60.6 Å². The third kappa shape index (κ3) is 9.00. The zero-order valence-electron chi connectivity index (χ0n) is 31.0. The van der Waals surface area contributed by atoms with Crippen LogP contribution in [0.15, 0.2) is 79.0 Å². The Morgan fingerprint density at radius 2 is 1.63 bits per heavy atom. The summed E-state index contributed by atoms with van der Waals surface area (Å²) < 4.78 is 32.9. The van der Waals surface area contributed by atoms with Crippen LogP contribution in [0.3, 0.4) is 0 Å². The summed E-state index contributed by atoms with van der Waals surface area (Å²) in [5.41, 5.74) is 2.34. The van der Waals surface area contributed by atoms with Crippen LogP contribution in [0.4, 0.5) is 21.2 Å². The molecule has 4 heterocycles. The molecule has 7 rings (SSSR count). The molecule has 5 aromatic rings. The van der Waals surface area contributed by atoms with Crippen LogP contribution in [0, 0.1) is 0 Å². The summed E-state index contributed by atoms with van der Waals surface area (Å²) >= 11 is 0. The number of anilines is 2. The second-order valence-corrected chi connectivity index (χ2v) is 14.3. The maximum atomic E-state index is 14.0. The largest absolute Gasteiger partial charge is 0.492 e. The highest BCUT2D eigenvalue weighted by Crippen LogP contribution is 2.35. The minimum Gasteiger partial charge on any atom is -0.492 e. The molecule has 14 nitrogen and oxygen atoms in total. The first-order valence-electron chi connectivity index (χ1n) is 18.6. The first-order valence-corrected chi connectivity index (χ1v) is 18.6. The molecule has 1 N–H and O–H groups in total. The number of rotatable bonds is 11. The fourth-order valence-corrected chi connectivity index (χ4v) is 6.45. The van der Waals surface area contributed by atoms with Gasteiger partial charge in [0.05, 0.1) is 23.9 Å². The summed E-state index contributed by atoms with van der Waals surface area (Å²) in [4.78, 5) is 32.5. The van der Waals surface area contributed by atoms with Gasteiger partial charge in [-0.2, -0.15) is 10.1 Å². The third-order valence-corrected chi connectivity index (χ3v) is 9.06. The van der Waals surface area contributed by atoms with E-state index < -0.39 is 17.8 Å². The minimum atomic E-state index is -0.770. The number of alkyl carbamates (subject to hydrolysis) is 1. The Morgan fingerprint density at radius 3 is 2.31 bits per heavy atom. The quantitative estimate of drug-likeness (QED) is 0.132. The molecular weight excluding hydrogens is 690 g/mol. The van der Waals surface area contributed by atoms with Crippen molar-refractivity contribution < 1.29 is 33.3 Å². The van der Waals surface area contributed by atoms with Crippen molar-refractivity contribution in [2.45, 2.75) is 84.0 Å². The number of amides is 2. The fourth-order valence-electron chi connectivity index (χ4n) is 6.45. The van der Waals surface area contributed by atoms with Gasteiger partial charge in [0.15, 0.2) is 18.3 Å². The number of aromatic nitrogens is 5. The first kappa shape index (κ1) is 36.9. The van der Waals surface area contributed by atoms with Crippen LogP contribution in [0.2, 0.25) is 0 Å². The summed E-state index contributed by atoms with van der Waals surface area (Å²) in [6.07, 6.45) is 5.88. The van der Waals surface area contributed by atoms with Crippen molar-refractivity contribution >= 4 is 34.7 Å². The Balaban J connectivity index is 1.11. The van der Waals surface area contributed by atoms with Crippen molar-refractivity contribution in [3.8, 4) is 17.1 Å². The highest BCUT2D eigenvalue weighted by Gasteiger charge is 2.32. The number of hydrogen-bond donors (Lipinski definition) is 1. The van der Waals surface area contributed by atoms with E-state index >= 15 is 0 Å². The Morgan fingerprint density at radius 1 is 0.907 bits per heavy atom. The zero-order chi connectivity index (χ0) is 37.5. The van der Waals surface area contributed by atoms with Gasteiger partial charge in [-0.1, -0.05) is 30.3 Å². The lowest BCUT2D eigenvalue weighted by atomic mass is 10.1. The molecule has 3 aromatic carbocycles. The van der Waals surface area contributed by atoms with Gasteiger partial charge in [0, 0.05) is 24.2 Å². The fraction of sp³-hybridized carbons (Fsp3) is 0.425. The molecule has 0 bridgehead atoms. The Hall–Kier alpha value is -5.47. The van der Waals surface area contributed by atoms with E-state index in [-0.39, 0.29) is 38.2 Å². The van der Waals surface area contributed by atoms with Crippen LogP contribution in [-0.2, 0) is 25.6 Å². The van der Waals surface area contributed by atoms with E-state index in [2.05, 4.69) is 10.4 Å². The molecule has 284 valence electrons. The second-order valence-electron chi connectivity index (χ2n) is 14.3. The SMILES string of the molecule is CC(C)(C)OC(=O)N(c1ccc2c(cnn2C2CCCCO2)c1)c1nc(-c2ccc(OCCNC(=O)OCc3ccccc3)cc2)n(C2CCCCO2)n1. The summed E-state index contributed by atoms with van der Waals surface area (Å²) in [6, 6.07) is 22.6. The summed E-state index contributed by atoms with van der Waals surface area (Å²) in [7, 11) is 0. The standard InChI is InChI=1S/C40H47N7O7/c1-40(2,3)54-39(49)45(31-17-20-33-30(25-31)26-42-46(33)34-13-7-9-22-51-34)37-43-36(47(44-37)35-14-8-10-23-52-35)29-15-18-32(19-16-29)50-24-21-41-38(48)53-27-28-11-5-4-6-12-28/h4-6,11-12,15-20,25-26,34-35H,7-10,13-14,21-24,27H2,1-3H3,(H,41,48). The molecule has 2 fully saturated rings. The number of carbonyl (C=O) groups excluding carboxylic acids is 2. The number of hydrogen-bond acceptors (Lipinski definition) is 10. The number of nitrogens with zero attached hydrogens (tertiary/aromatic N) is 6. The number of benzene rings is 3. The molecular formula is C40H47N7O7. The summed E-state index contributed by atoms with van der Waals surface area (Å²) in [5, 5.41) is 13.1. The molecule has 14 heteroatoms. The van der Waals surface area contributed by atoms with E-state index in [1.54, 1.807) is 10.9 Å². The van der Waals surface area contributed by atoms with Gasteiger partial charge in [0.2, 0.25) is 0 Å². The summed E-state index contributed by atoms with van der Waals surface area (Å²) in [6.45, 7) is 7.49. The third-order valence-electron chi connectivity index (χ3n) is 9.06. The van der Waals surface area contributed by atoms with Crippen LogP contribution in [-0.4, -0.2) is 68.7 Å². The molecule has 54 heavy (non-hydrogen) atoms. The van der Waals surface area contributed by atoms with Gasteiger partial charge in [0.1, 0.15) is 24.6 Å². The van der Waals surface area contributed by atoms with Crippen LogP contribution in [0.25, 0.3) is 22.3 Å². The number of nitrogens with one attached hydrogen (secondary N) is 1. The van der Waals surface area contributed by atoms with Crippen LogP contribution >= 0.6 is 0 Å². The number of fused-ring (bicyclic) bond motifs is 1. The van der Waals surface area contributed by atoms with Crippen molar-refractivity contribution in [2.75, 3.05) is 31.3 Å². The van der Waals surface area contributed by atoms with Gasteiger partial charge in [-0.15, -0.1) is 5.10 Å². The molecule has 2 aliphatic rings. The normalized spacial score (nSPS) is 17.5. The first-order chi connectivity index (χ1) is 26.2. The monoisotopic (exact) mass is 737 g/mol. The Labute approximate surface area is 314 Å². The molecule has 2 saturated heterocycles. The maximum Gasteiger partial charge on any atom is 0.421 e. The van der Waals surface area contributed by atoms with Gasteiger partial charge in [-0.05, 0) is 107 Å². The highest BCUT2D eigenvalue weighted by molar-refractivity contribution is 5.97. The van der Waals surface area contributed by atoms with E-state index in [1.807, 2.05) is 98.2 Å². The molecule has 0 spiro atoms. The van der Waals surface area contributed by atoms with E-state index in [0.29, 0.717) is 30.5 Å². The van der Waals surface area contributed by atoms with Gasteiger partial charge in [-0.3, -0.25) is 0 Å². The maximum absolute atomic E-state index is 14.0. The smallest absolute Gasteiger partial charge is 0.421 e. The van der Waals surface area contributed by atoms with Gasteiger partial charge in [-0.25, -0.2) is 23.9 Å². The topological polar surface area (TPSA) is 144 Å². The molecule has 2 aliphatic heterocycles. The zero-order valence-corrected chi connectivity index (χ0v) is 31.0. The molecule has 0 saturated carbocycles. The van der Waals surface area contributed by atoms with Gasteiger partial charge < -0.3 is 29.0 Å². The second kappa shape index (κ2) is 16.7. The van der Waals surface area contributed by atoms with Crippen LogP contribution in [0.1, 0.15) is 77.3 Å². The molecule has 2 aromatic heterocycles. The van der Waals surface area contributed by atoms with E-state index in [4.69, 9.17) is 33.8 Å². The van der Waals surface area contributed by atoms with Crippen LogP contribution < -0.4 is 15.0 Å². The molecule has 2 atom stereocenters. The predicted molar refractivity (Wildman–Crippen MR) is 201 cm³/mol. The van der Waals surface area contributed by atoms with E-state index in [9.17, 15) is 9.59 Å². The van der Waals surface area contributed by atoms with Crippen LogP contribution in [0.5, 0.6) is 5.75 Å². The van der Waals surface area contributed by atoms with Gasteiger partial charge >= 0.3 is 12.2 Å². The van der Waals surface area contributed by atoms with Crippen molar-refractivity contribution in [1.29, 1.82) is 0 Å². The lowest BCUT2D eigenvalue weighted by Gasteiger charge is -2.26. The minimum absolute atomic E-state index is 0.123.